The van der Waals surface area contributed by atoms with E-state index < -0.39 is 7.26 Å². The molecule has 0 bridgehead atoms. The molecule has 7 rings (SSSR count). The zero-order valence-electron chi connectivity index (χ0n) is 29.9. The van der Waals surface area contributed by atoms with E-state index in [1.165, 1.54) is 93.6 Å². The molecular formula is C48H49BP+. The van der Waals surface area contributed by atoms with E-state index in [1.807, 2.05) is 0 Å². The van der Waals surface area contributed by atoms with Gasteiger partial charge in [-0.2, -0.15) is 0 Å². The fraction of sp³-hybridized carbons (Fsp3) is 0.208. The van der Waals surface area contributed by atoms with Crippen molar-refractivity contribution in [3.8, 4) is 33.4 Å². The summed E-state index contributed by atoms with van der Waals surface area (Å²) in [4.78, 5) is 0. The van der Waals surface area contributed by atoms with Crippen LogP contribution in [-0.2, 0) is 0 Å². The molecule has 2 heteroatoms. The molecule has 1 saturated carbocycles. The van der Waals surface area contributed by atoms with Crippen molar-refractivity contribution < 1.29 is 0 Å². The maximum Gasteiger partial charge on any atom is 0.242 e. The van der Waals surface area contributed by atoms with Crippen LogP contribution in [0.2, 0.25) is 0 Å². The van der Waals surface area contributed by atoms with Gasteiger partial charge in [0.15, 0.2) is 0 Å². The first-order chi connectivity index (χ1) is 24.4. The van der Waals surface area contributed by atoms with Gasteiger partial charge in [0.2, 0.25) is 6.71 Å². The van der Waals surface area contributed by atoms with Gasteiger partial charge in [0.1, 0.15) is 0 Å². The van der Waals surface area contributed by atoms with Crippen molar-refractivity contribution in [2.24, 2.45) is 5.92 Å². The highest BCUT2D eigenvalue weighted by molar-refractivity contribution is 7.74. The zero-order valence-corrected chi connectivity index (χ0v) is 30.8. The Labute approximate surface area is 301 Å². The van der Waals surface area contributed by atoms with E-state index in [2.05, 4.69) is 184 Å². The van der Waals surface area contributed by atoms with Crippen LogP contribution in [0.3, 0.4) is 0 Å². The van der Waals surface area contributed by atoms with Crippen LogP contribution in [0.5, 0.6) is 0 Å². The minimum absolute atomic E-state index is 0.121. The molecule has 0 unspecified atom stereocenters. The Kier molecular flexibility index (Phi) is 10.6. The van der Waals surface area contributed by atoms with Gasteiger partial charge in [0, 0.05) is 27.3 Å². The molecule has 1 aliphatic rings. The number of rotatable bonds is 10. The molecule has 50 heavy (non-hydrogen) atoms. The Hall–Kier alpha value is -4.45. The first-order valence-corrected chi connectivity index (χ1v) is 21.7. The summed E-state index contributed by atoms with van der Waals surface area (Å²) in [6.45, 7) is 7.72. The summed E-state index contributed by atoms with van der Waals surface area (Å²) in [5, 5.41) is 0. The van der Waals surface area contributed by atoms with E-state index in [9.17, 15) is 0 Å². The third kappa shape index (κ3) is 8.12. The minimum atomic E-state index is -1.15. The molecule has 0 N–H and O–H groups in total. The summed E-state index contributed by atoms with van der Waals surface area (Å²) in [6.07, 6.45) is 7.83. The molecule has 0 amide bonds. The Balaban J connectivity index is 1.44. The quantitative estimate of drug-likeness (QED) is 0.101. The van der Waals surface area contributed by atoms with Crippen LogP contribution in [0.25, 0.3) is 38.9 Å². The summed E-state index contributed by atoms with van der Waals surface area (Å²) in [5.74, 6) is 0.626. The SMILES string of the molecule is C[P+](C)(C)C/C(=C(\B(c1ccc(-c2ccccc2)cc1)c1ccc(-c2ccccc2)cc1)c1ccc(-c2ccccc2)cc1)C1CCCCC1. The number of hydrogen-bond acceptors (Lipinski definition) is 0. The highest BCUT2D eigenvalue weighted by Gasteiger charge is 2.35. The second-order valence-corrected chi connectivity index (χ2v) is 20.0. The van der Waals surface area contributed by atoms with Crippen LogP contribution in [0.4, 0.5) is 0 Å². The molecule has 0 radical (unpaired) electrons. The van der Waals surface area contributed by atoms with Gasteiger partial charge < -0.3 is 0 Å². The van der Waals surface area contributed by atoms with Crippen molar-refractivity contribution in [2.45, 2.75) is 32.1 Å². The molecule has 248 valence electrons. The molecular weight excluding hydrogens is 618 g/mol. The van der Waals surface area contributed by atoms with Crippen LogP contribution in [0.1, 0.15) is 37.7 Å². The fourth-order valence-corrected chi connectivity index (χ4v) is 9.38. The van der Waals surface area contributed by atoms with E-state index in [1.54, 1.807) is 5.57 Å². The van der Waals surface area contributed by atoms with Gasteiger partial charge >= 0.3 is 0 Å². The van der Waals surface area contributed by atoms with Crippen molar-refractivity contribution in [3.05, 3.63) is 175 Å². The van der Waals surface area contributed by atoms with Gasteiger partial charge in [0.05, 0.1) is 6.16 Å². The Morgan fingerprint density at radius 3 is 1.20 bits per heavy atom. The van der Waals surface area contributed by atoms with Gasteiger partial charge in [0.25, 0.3) is 0 Å². The van der Waals surface area contributed by atoms with Crippen LogP contribution < -0.4 is 10.9 Å². The predicted octanol–water partition coefficient (Wildman–Crippen LogP) is 11.8. The van der Waals surface area contributed by atoms with Crippen molar-refractivity contribution in [1.29, 1.82) is 0 Å². The van der Waals surface area contributed by atoms with Gasteiger partial charge in [-0.1, -0.05) is 199 Å². The van der Waals surface area contributed by atoms with Crippen LogP contribution in [0, 0.1) is 5.92 Å². The summed E-state index contributed by atoms with van der Waals surface area (Å²) in [5.41, 5.74) is 14.9. The number of benzene rings is 6. The van der Waals surface area contributed by atoms with E-state index in [-0.39, 0.29) is 6.71 Å². The standard InChI is InChI=1S/C48H49BP/c1-50(2,3)36-47(43-22-14-7-15-23-43)48(44-26-24-40(25-27-44)37-16-8-4-9-17-37)49(45-32-28-41(29-33-45)38-18-10-5-11-19-38)46-34-30-42(31-35-46)39-20-12-6-13-21-39/h4-6,8-13,16-21,24-35,43H,7,14-15,22-23,36H2,1-3H3/q+1/b48-47+. The lowest BCUT2D eigenvalue weighted by Crippen LogP contribution is -2.44. The Morgan fingerprint density at radius 2 is 0.820 bits per heavy atom. The molecule has 0 heterocycles. The van der Waals surface area contributed by atoms with Crippen LogP contribution in [-0.4, -0.2) is 32.9 Å². The van der Waals surface area contributed by atoms with E-state index in [4.69, 9.17) is 0 Å². The summed E-state index contributed by atoms with van der Waals surface area (Å²) < 4.78 is 0. The molecule has 0 saturated heterocycles. The van der Waals surface area contributed by atoms with Crippen molar-refractivity contribution >= 4 is 30.4 Å². The third-order valence-corrected chi connectivity index (χ3v) is 11.7. The first-order valence-electron chi connectivity index (χ1n) is 18.4. The van der Waals surface area contributed by atoms with Crippen molar-refractivity contribution in [1.82, 2.24) is 0 Å². The zero-order chi connectivity index (χ0) is 34.3. The first kappa shape index (κ1) is 34.0. The normalized spacial score (nSPS) is 14.2. The van der Waals surface area contributed by atoms with E-state index in [0.717, 1.165) is 0 Å². The van der Waals surface area contributed by atoms with Crippen molar-refractivity contribution in [3.63, 3.8) is 0 Å². The summed E-state index contributed by atoms with van der Waals surface area (Å²) in [6, 6.07) is 60.9. The molecule has 0 aliphatic heterocycles. The van der Waals surface area contributed by atoms with Crippen molar-refractivity contribution in [2.75, 3.05) is 26.2 Å². The predicted molar refractivity (Wildman–Crippen MR) is 224 cm³/mol. The molecule has 1 fully saturated rings. The van der Waals surface area contributed by atoms with Gasteiger partial charge in [-0.05, 0) is 63.3 Å². The molecule has 0 aromatic heterocycles. The monoisotopic (exact) mass is 667 g/mol. The molecule has 1 aliphatic carbocycles. The third-order valence-electron chi connectivity index (χ3n) is 10.4. The smallest absolute Gasteiger partial charge is 0.0686 e. The fourth-order valence-electron chi connectivity index (χ4n) is 7.93. The molecule has 0 atom stereocenters. The average molecular weight is 668 g/mol. The molecule has 0 spiro atoms. The second kappa shape index (κ2) is 15.6. The number of hydrogen-bond donors (Lipinski definition) is 0. The van der Waals surface area contributed by atoms with Gasteiger partial charge in [-0.25, -0.2) is 0 Å². The van der Waals surface area contributed by atoms with Crippen LogP contribution in [0.15, 0.2) is 169 Å². The Morgan fingerprint density at radius 1 is 0.460 bits per heavy atom. The van der Waals surface area contributed by atoms with Gasteiger partial charge in [-0.3, -0.25) is 0 Å². The summed E-state index contributed by atoms with van der Waals surface area (Å²) >= 11 is 0. The summed E-state index contributed by atoms with van der Waals surface area (Å²) in [7, 11) is -1.15. The topological polar surface area (TPSA) is 0 Å². The second-order valence-electron chi connectivity index (χ2n) is 15.1. The lowest BCUT2D eigenvalue weighted by molar-refractivity contribution is 0.405. The lowest BCUT2D eigenvalue weighted by atomic mass is 9.34. The Bertz CT molecular complexity index is 1900. The highest BCUT2D eigenvalue weighted by Crippen LogP contribution is 2.52. The maximum absolute atomic E-state index is 2.53. The van der Waals surface area contributed by atoms with E-state index >= 15 is 0 Å². The molecule has 0 nitrogen and oxygen atoms in total. The molecule has 6 aromatic rings. The molecule has 6 aromatic carbocycles. The minimum Gasteiger partial charge on any atom is -0.0686 e. The largest absolute Gasteiger partial charge is 0.242 e. The van der Waals surface area contributed by atoms with Crippen LogP contribution >= 0.6 is 7.26 Å². The van der Waals surface area contributed by atoms with Gasteiger partial charge in [-0.15, -0.1) is 0 Å². The number of allylic oxidation sites excluding steroid dienone is 1. The maximum atomic E-state index is 2.53. The van der Waals surface area contributed by atoms with E-state index in [0.29, 0.717) is 5.92 Å². The highest BCUT2D eigenvalue weighted by atomic mass is 31.2. The lowest BCUT2D eigenvalue weighted by Gasteiger charge is -2.32. The average Bonchev–Trinajstić information content (AvgIpc) is 3.17.